The van der Waals surface area contributed by atoms with E-state index in [1.165, 1.54) is 0 Å². The summed E-state index contributed by atoms with van der Waals surface area (Å²) in [5.74, 6) is -1.96. The molecule has 2 nitrogen and oxygen atoms in total. The fourth-order valence-corrected chi connectivity index (χ4v) is 2.03. The van der Waals surface area contributed by atoms with Gasteiger partial charge in [-0.15, -0.1) is 0 Å². The number of rotatable bonds is 5. The van der Waals surface area contributed by atoms with E-state index in [2.05, 4.69) is 12.2 Å². The van der Waals surface area contributed by atoms with Crippen LogP contribution in [0.3, 0.4) is 0 Å². The number of hydrogen-bond acceptors (Lipinski definition) is 2. The minimum absolute atomic E-state index is 0.0929. The SMILES string of the molecule is CCC1CCN(CC(F)(F)CNC)C1. The molecule has 14 heavy (non-hydrogen) atoms. The third-order valence-corrected chi connectivity index (χ3v) is 2.84. The molecule has 1 N–H and O–H groups in total. The zero-order valence-electron chi connectivity index (χ0n) is 9.02. The van der Waals surface area contributed by atoms with E-state index in [9.17, 15) is 8.78 Å². The quantitative estimate of drug-likeness (QED) is 0.734. The third kappa shape index (κ3) is 3.50. The van der Waals surface area contributed by atoms with Crippen LogP contribution < -0.4 is 5.32 Å². The summed E-state index contributed by atoms with van der Waals surface area (Å²) in [6, 6.07) is 0. The maximum Gasteiger partial charge on any atom is 0.272 e. The molecule has 1 fully saturated rings. The lowest BCUT2D eigenvalue weighted by Gasteiger charge is -2.23. The molecule has 0 spiro atoms. The van der Waals surface area contributed by atoms with Gasteiger partial charge in [0, 0.05) is 6.54 Å². The summed E-state index contributed by atoms with van der Waals surface area (Å²) in [6.07, 6.45) is 2.18. The predicted molar refractivity (Wildman–Crippen MR) is 53.7 cm³/mol. The minimum Gasteiger partial charge on any atom is -0.314 e. The van der Waals surface area contributed by atoms with Crippen LogP contribution in [0.2, 0.25) is 0 Å². The van der Waals surface area contributed by atoms with Crippen molar-refractivity contribution >= 4 is 0 Å². The molecule has 1 saturated heterocycles. The fraction of sp³-hybridized carbons (Fsp3) is 1.00. The molecule has 1 aliphatic rings. The summed E-state index contributed by atoms with van der Waals surface area (Å²) >= 11 is 0. The van der Waals surface area contributed by atoms with E-state index in [1.807, 2.05) is 4.90 Å². The van der Waals surface area contributed by atoms with Crippen molar-refractivity contribution in [2.75, 3.05) is 33.2 Å². The molecule has 1 aliphatic heterocycles. The second-order valence-corrected chi connectivity index (χ2v) is 4.18. The molecular formula is C10H20F2N2. The minimum atomic E-state index is -2.59. The largest absolute Gasteiger partial charge is 0.314 e. The number of halogens is 2. The van der Waals surface area contributed by atoms with E-state index in [4.69, 9.17) is 0 Å². The second kappa shape index (κ2) is 5.03. The van der Waals surface area contributed by atoms with Gasteiger partial charge in [-0.1, -0.05) is 13.3 Å². The molecule has 0 bridgehead atoms. The number of nitrogens with zero attached hydrogens (tertiary/aromatic N) is 1. The van der Waals surface area contributed by atoms with Gasteiger partial charge < -0.3 is 5.32 Å². The molecule has 0 aliphatic carbocycles. The van der Waals surface area contributed by atoms with Gasteiger partial charge in [-0.25, -0.2) is 8.78 Å². The van der Waals surface area contributed by atoms with E-state index in [-0.39, 0.29) is 13.1 Å². The van der Waals surface area contributed by atoms with Crippen LogP contribution in [0.5, 0.6) is 0 Å². The van der Waals surface area contributed by atoms with E-state index in [0.717, 1.165) is 25.9 Å². The van der Waals surface area contributed by atoms with Crippen LogP contribution in [0.4, 0.5) is 8.78 Å². The first-order chi connectivity index (χ1) is 6.57. The van der Waals surface area contributed by atoms with Gasteiger partial charge in [0.05, 0.1) is 13.1 Å². The van der Waals surface area contributed by atoms with Crippen LogP contribution >= 0.6 is 0 Å². The summed E-state index contributed by atoms with van der Waals surface area (Å²) in [4.78, 5) is 1.88. The van der Waals surface area contributed by atoms with Gasteiger partial charge in [-0.05, 0) is 25.9 Å². The normalized spacial score (nSPS) is 24.4. The number of likely N-dealkylation sites (tertiary alicyclic amines) is 1. The highest BCUT2D eigenvalue weighted by molar-refractivity contribution is 4.80. The van der Waals surface area contributed by atoms with Gasteiger partial charge in [0.1, 0.15) is 0 Å². The van der Waals surface area contributed by atoms with Gasteiger partial charge in [0.15, 0.2) is 0 Å². The Kier molecular flexibility index (Phi) is 4.26. The maximum atomic E-state index is 13.2. The van der Waals surface area contributed by atoms with Crippen molar-refractivity contribution in [1.82, 2.24) is 10.2 Å². The number of nitrogens with one attached hydrogen (secondary N) is 1. The highest BCUT2D eigenvalue weighted by Gasteiger charge is 2.33. The fourth-order valence-electron chi connectivity index (χ4n) is 2.03. The Morgan fingerprint density at radius 2 is 2.21 bits per heavy atom. The molecule has 1 heterocycles. The lowest BCUT2D eigenvalue weighted by Crippen LogP contribution is -2.41. The summed E-state index contributed by atoms with van der Waals surface area (Å²) < 4.78 is 26.4. The molecule has 0 amide bonds. The highest BCUT2D eigenvalue weighted by atomic mass is 19.3. The summed E-state index contributed by atoms with van der Waals surface area (Å²) in [7, 11) is 1.56. The van der Waals surface area contributed by atoms with Gasteiger partial charge in [-0.3, -0.25) is 4.90 Å². The molecule has 0 aromatic carbocycles. The molecule has 1 rings (SSSR count). The average Bonchev–Trinajstić information content (AvgIpc) is 2.51. The predicted octanol–water partition coefficient (Wildman–Crippen LogP) is 1.57. The van der Waals surface area contributed by atoms with Crippen molar-refractivity contribution in [2.24, 2.45) is 5.92 Å². The second-order valence-electron chi connectivity index (χ2n) is 4.18. The lowest BCUT2D eigenvalue weighted by molar-refractivity contribution is -0.0246. The van der Waals surface area contributed by atoms with Crippen LogP contribution in [-0.4, -0.2) is 44.0 Å². The molecule has 1 unspecified atom stereocenters. The Morgan fingerprint density at radius 1 is 1.50 bits per heavy atom. The van der Waals surface area contributed by atoms with Crippen molar-refractivity contribution in [3.8, 4) is 0 Å². The van der Waals surface area contributed by atoms with Crippen LogP contribution in [0.1, 0.15) is 19.8 Å². The maximum absolute atomic E-state index is 13.2. The Hall–Kier alpha value is -0.220. The topological polar surface area (TPSA) is 15.3 Å². The Labute approximate surface area is 84.7 Å². The van der Waals surface area contributed by atoms with Crippen molar-refractivity contribution in [2.45, 2.75) is 25.7 Å². The Bertz CT molecular complexity index is 174. The van der Waals surface area contributed by atoms with E-state index in [0.29, 0.717) is 5.92 Å². The van der Waals surface area contributed by atoms with Gasteiger partial charge in [0.25, 0.3) is 5.92 Å². The molecule has 1 atom stereocenters. The van der Waals surface area contributed by atoms with E-state index >= 15 is 0 Å². The van der Waals surface area contributed by atoms with Crippen LogP contribution in [0.25, 0.3) is 0 Å². The molecule has 0 aromatic rings. The van der Waals surface area contributed by atoms with Crippen molar-refractivity contribution in [3.63, 3.8) is 0 Å². The molecule has 84 valence electrons. The average molecular weight is 206 g/mol. The highest BCUT2D eigenvalue weighted by Crippen LogP contribution is 2.23. The molecule has 0 saturated carbocycles. The zero-order chi connectivity index (χ0) is 10.6. The van der Waals surface area contributed by atoms with E-state index < -0.39 is 5.92 Å². The van der Waals surface area contributed by atoms with Crippen LogP contribution in [0, 0.1) is 5.92 Å². The molecule has 0 aromatic heterocycles. The summed E-state index contributed by atoms with van der Waals surface area (Å²) in [5, 5.41) is 2.53. The molecule has 0 radical (unpaired) electrons. The first kappa shape index (κ1) is 11.9. The van der Waals surface area contributed by atoms with Crippen molar-refractivity contribution in [1.29, 1.82) is 0 Å². The Balaban J connectivity index is 2.31. The van der Waals surface area contributed by atoms with E-state index in [1.54, 1.807) is 7.05 Å². The van der Waals surface area contributed by atoms with Crippen LogP contribution in [-0.2, 0) is 0 Å². The monoisotopic (exact) mass is 206 g/mol. The summed E-state index contributed by atoms with van der Waals surface area (Å²) in [6.45, 7) is 3.48. The van der Waals surface area contributed by atoms with Gasteiger partial charge in [-0.2, -0.15) is 0 Å². The lowest BCUT2D eigenvalue weighted by atomic mass is 10.1. The molecular weight excluding hydrogens is 186 g/mol. The van der Waals surface area contributed by atoms with Gasteiger partial charge >= 0.3 is 0 Å². The standard InChI is InChI=1S/C10H20F2N2/c1-3-9-4-5-14(6-9)8-10(11,12)7-13-2/h9,13H,3-8H2,1-2H3. The smallest absolute Gasteiger partial charge is 0.272 e. The summed E-state index contributed by atoms with van der Waals surface area (Å²) in [5.41, 5.74) is 0. The van der Waals surface area contributed by atoms with Crippen molar-refractivity contribution in [3.05, 3.63) is 0 Å². The number of alkyl halides is 2. The van der Waals surface area contributed by atoms with Gasteiger partial charge in [0.2, 0.25) is 0 Å². The number of hydrogen-bond donors (Lipinski definition) is 1. The first-order valence-corrected chi connectivity index (χ1v) is 5.32. The van der Waals surface area contributed by atoms with Crippen LogP contribution in [0.15, 0.2) is 0 Å². The third-order valence-electron chi connectivity index (χ3n) is 2.84. The van der Waals surface area contributed by atoms with Crippen molar-refractivity contribution < 1.29 is 8.78 Å². The first-order valence-electron chi connectivity index (χ1n) is 5.32. The zero-order valence-corrected chi connectivity index (χ0v) is 9.02. The Morgan fingerprint density at radius 3 is 2.71 bits per heavy atom. The molecule has 4 heteroatoms.